The van der Waals surface area contributed by atoms with Crippen LogP contribution < -0.4 is 5.32 Å². The van der Waals surface area contributed by atoms with Gasteiger partial charge in [0.15, 0.2) is 0 Å². The molecule has 2 aliphatic rings. The Kier molecular flexibility index (Phi) is 5.00. The maximum absolute atomic E-state index is 5.33. The van der Waals surface area contributed by atoms with Crippen LogP contribution in [-0.4, -0.2) is 14.8 Å². The van der Waals surface area contributed by atoms with Crippen molar-refractivity contribution in [3.63, 3.8) is 0 Å². The standard InChI is InChI=1S/C46H28N4/c1-2-13-32(14-3-1)49-41-21-19-30(23-35(41)36-22-28-11-4-5-12-29(28)26-42(36)49)31-24-37-34-20-18-27-10-6-7-15-33(27)44(34)50-45(37)38(25-31)43-46(50)48-40-17-9-8-16-39(40)47-43/h1-26,46,48H. The second kappa shape index (κ2) is 9.49. The molecule has 12 rings (SSSR count). The molecule has 0 fully saturated rings. The third-order valence-electron chi connectivity index (χ3n) is 11.0. The Labute approximate surface area is 287 Å². The average Bonchev–Trinajstić information content (AvgIpc) is 3.80. The quantitative estimate of drug-likeness (QED) is 0.201. The Morgan fingerprint density at radius 3 is 2.12 bits per heavy atom. The Bertz CT molecular complexity index is 3120. The first kappa shape index (κ1) is 26.3. The number of hydrogen-bond donors (Lipinski definition) is 1. The van der Waals surface area contributed by atoms with Crippen molar-refractivity contribution in [1.29, 1.82) is 0 Å². The number of rotatable bonds is 2. The largest absolute Gasteiger partial charge is 0.358 e. The minimum Gasteiger partial charge on any atom is -0.358 e. The number of fused-ring (bicyclic) bond motifs is 13. The molecule has 1 atom stereocenters. The summed E-state index contributed by atoms with van der Waals surface area (Å²) in [5, 5.41) is 13.9. The summed E-state index contributed by atoms with van der Waals surface area (Å²) in [6.45, 7) is 0. The lowest BCUT2D eigenvalue weighted by Gasteiger charge is -2.25. The van der Waals surface area contributed by atoms with Gasteiger partial charge in [-0.25, -0.2) is 4.99 Å². The number of nitrogens with one attached hydrogen (secondary N) is 1. The zero-order valence-corrected chi connectivity index (χ0v) is 26.9. The lowest BCUT2D eigenvalue weighted by atomic mass is 9.95. The normalized spacial score (nSPS) is 14.9. The molecule has 2 aromatic heterocycles. The highest BCUT2D eigenvalue weighted by molar-refractivity contribution is 6.28. The number of para-hydroxylation sites is 3. The van der Waals surface area contributed by atoms with E-state index >= 15 is 0 Å². The van der Waals surface area contributed by atoms with E-state index in [1.165, 1.54) is 87.5 Å². The SMILES string of the molecule is c1ccc(-n2c3ccc(-c4cc5c6c(c4)c4ccc7ccccc7c4n6C4Nc6ccccc6N=C54)cc3c3cc4ccccc4cc32)cc1. The Morgan fingerprint density at radius 2 is 1.22 bits per heavy atom. The number of aliphatic imine (C=N–C) groups is 1. The first-order chi connectivity index (χ1) is 24.8. The molecule has 232 valence electrons. The summed E-state index contributed by atoms with van der Waals surface area (Å²) in [6, 6.07) is 57.6. The zero-order chi connectivity index (χ0) is 32.5. The Morgan fingerprint density at radius 1 is 0.480 bits per heavy atom. The van der Waals surface area contributed by atoms with Crippen LogP contribution in [0.5, 0.6) is 0 Å². The summed E-state index contributed by atoms with van der Waals surface area (Å²) in [6.07, 6.45) is -0.0828. The molecule has 4 heterocycles. The summed E-state index contributed by atoms with van der Waals surface area (Å²) in [5.41, 5.74) is 12.8. The van der Waals surface area contributed by atoms with Crippen molar-refractivity contribution in [1.82, 2.24) is 9.13 Å². The molecule has 50 heavy (non-hydrogen) atoms. The predicted molar refractivity (Wildman–Crippen MR) is 210 cm³/mol. The van der Waals surface area contributed by atoms with E-state index in [0.717, 1.165) is 17.1 Å². The van der Waals surface area contributed by atoms with Gasteiger partial charge in [-0.15, -0.1) is 0 Å². The Hall–Kier alpha value is -6.65. The highest BCUT2D eigenvalue weighted by atomic mass is 15.2. The molecular formula is C46H28N4. The molecule has 0 spiro atoms. The molecule has 2 aliphatic heterocycles. The fraction of sp³-hybridized carbons (Fsp3) is 0.0217. The van der Waals surface area contributed by atoms with Gasteiger partial charge in [-0.2, -0.15) is 0 Å². The maximum atomic E-state index is 5.33. The number of aromatic nitrogens is 2. The third-order valence-corrected chi connectivity index (χ3v) is 11.0. The maximum Gasteiger partial charge on any atom is 0.148 e. The zero-order valence-electron chi connectivity index (χ0n) is 26.9. The highest BCUT2D eigenvalue weighted by Gasteiger charge is 2.37. The molecule has 1 unspecified atom stereocenters. The summed E-state index contributed by atoms with van der Waals surface area (Å²) in [5.74, 6) is 0. The van der Waals surface area contributed by atoms with Gasteiger partial charge in [-0.05, 0) is 87.9 Å². The van der Waals surface area contributed by atoms with Crippen LogP contribution in [0, 0.1) is 0 Å². The van der Waals surface area contributed by atoms with Gasteiger partial charge >= 0.3 is 0 Å². The van der Waals surface area contributed by atoms with E-state index in [1.807, 2.05) is 0 Å². The van der Waals surface area contributed by atoms with Gasteiger partial charge in [0.05, 0.1) is 39.2 Å². The monoisotopic (exact) mass is 636 g/mol. The Balaban J connectivity index is 1.16. The van der Waals surface area contributed by atoms with Crippen molar-refractivity contribution in [3.8, 4) is 16.8 Å². The van der Waals surface area contributed by atoms with Crippen LogP contribution in [0.15, 0.2) is 163 Å². The van der Waals surface area contributed by atoms with Crippen LogP contribution in [0.2, 0.25) is 0 Å². The molecule has 10 aromatic rings. The highest BCUT2D eigenvalue weighted by Crippen LogP contribution is 2.48. The van der Waals surface area contributed by atoms with Crippen LogP contribution in [0.4, 0.5) is 11.4 Å². The minimum atomic E-state index is -0.0828. The van der Waals surface area contributed by atoms with Crippen molar-refractivity contribution in [2.75, 3.05) is 5.32 Å². The van der Waals surface area contributed by atoms with Crippen LogP contribution in [-0.2, 0) is 0 Å². The van der Waals surface area contributed by atoms with E-state index in [2.05, 4.69) is 172 Å². The lowest BCUT2D eigenvalue weighted by molar-refractivity contribution is 0.780. The van der Waals surface area contributed by atoms with Gasteiger partial charge in [0.1, 0.15) is 6.17 Å². The molecule has 0 amide bonds. The average molecular weight is 637 g/mol. The number of benzene rings is 8. The van der Waals surface area contributed by atoms with Crippen molar-refractivity contribution < 1.29 is 0 Å². The van der Waals surface area contributed by atoms with Gasteiger partial charge in [0.2, 0.25) is 0 Å². The second-order valence-electron chi connectivity index (χ2n) is 13.7. The molecule has 0 saturated carbocycles. The summed E-state index contributed by atoms with van der Waals surface area (Å²) in [7, 11) is 0. The molecule has 8 aromatic carbocycles. The van der Waals surface area contributed by atoms with Crippen molar-refractivity contribution in [2.24, 2.45) is 4.99 Å². The van der Waals surface area contributed by atoms with Crippen molar-refractivity contribution in [3.05, 3.63) is 163 Å². The van der Waals surface area contributed by atoms with Crippen LogP contribution >= 0.6 is 0 Å². The topological polar surface area (TPSA) is 34.2 Å². The number of nitrogens with zero attached hydrogens (tertiary/aromatic N) is 3. The molecule has 0 bridgehead atoms. The van der Waals surface area contributed by atoms with E-state index in [1.54, 1.807) is 0 Å². The fourth-order valence-electron chi connectivity index (χ4n) is 8.80. The smallest absolute Gasteiger partial charge is 0.148 e. The van der Waals surface area contributed by atoms with Gasteiger partial charge in [-0.1, -0.05) is 97.1 Å². The van der Waals surface area contributed by atoms with E-state index in [0.29, 0.717) is 0 Å². The van der Waals surface area contributed by atoms with Crippen molar-refractivity contribution in [2.45, 2.75) is 6.17 Å². The van der Waals surface area contributed by atoms with Crippen molar-refractivity contribution >= 4 is 82.2 Å². The molecular weight excluding hydrogens is 609 g/mol. The van der Waals surface area contributed by atoms with E-state index in [4.69, 9.17) is 4.99 Å². The molecule has 1 N–H and O–H groups in total. The fourth-order valence-corrected chi connectivity index (χ4v) is 8.80. The van der Waals surface area contributed by atoms with Gasteiger partial charge in [0.25, 0.3) is 0 Å². The van der Waals surface area contributed by atoms with E-state index in [9.17, 15) is 0 Å². The van der Waals surface area contributed by atoms with Gasteiger partial charge < -0.3 is 14.5 Å². The summed E-state index contributed by atoms with van der Waals surface area (Å²) < 4.78 is 4.91. The lowest BCUT2D eigenvalue weighted by Crippen LogP contribution is -2.25. The molecule has 0 radical (unpaired) electrons. The third kappa shape index (κ3) is 3.42. The molecule has 4 heteroatoms. The molecule has 4 nitrogen and oxygen atoms in total. The number of anilines is 1. The molecule has 0 aliphatic carbocycles. The van der Waals surface area contributed by atoms with Gasteiger partial charge in [-0.3, -0.25) is 0 Å². The summed E-state index contributed by atoms with van der Waals surface area (Å²) >= 11 is 0. The van der Waals surface area contributed by atoms with Crippen LogP contribution in [0.3, 0.4) is 0 Å². The predicted octanol–water partition coefficient (Wildman–Crippen LogP) is 11.9. The van der Waals surface area contributed by atoms with Crippen LogP contribution in [0.1, 0.15) is 11.7 Å². The van der Waals surface area contributed by atoms with E-state index in [-0.39, 0.29) is 6.17 Å². The number of hydrogen-bond acceptors (Lipinski definition) is 2. The molecule has 0 saturated heterocycles. The first-order valence-electron chi connectivity index (χ1n) is 17.3. The first-order valence-corrected chi connectivity index (χ1v) is 17.3. The summed E-state index contributed by atoms with van der Waals surface area (Å²) in [4.78, 5) is 5.33. The van der Waals surface area contributed by atoms with Gasteiger partial charge in [0, 0.05) is 38.2 Å². The second-order valence-corrected chi connectivity index (χ2v) is 13.7. The van der Waals surface area contributed by atoms with E-state index < -0.39 is 0 Å². The minimum absolute atomic E-state index is 0.0828. The van der Waals surface area contributed by atoms with Crippen LogP contribution in [0.25, 0.3) is 82.0 Å².